The number of methoxy groups -OCH3 is 2. The highest BCUT2D eigenvalue weighted by Crippen LogP contribution is 2.44. The van der Waals surface area contributed by atoms with Gasteiger partial charge in [0.05, 0.1) is 31.5 Å². The lowest BCUT2D eigenvalue weighted by atomic mass is 10.1. The van der Waals surface area contributed by atoms with Gasteiger partial charge < -0.3 is 14.8 Å². The number of aromatic nitrogens is 1. The van der Waals surface area contributed by atoms with Gasteiger partial charge in [0, 0.05) is 17.5 Å². The molecule has 1 unspecified atom stereocenters. The van der Waals surface area contributed by atoms with Crippen LogP contribution in [0.25, 0.3) is 10.9 Å². The first-order chi connectivity index (χ1) is 16.1. The van der Waals surface area contributed by atoms with Crippen molar-refractivity contribution < 1.29 is 19.1 Å². The lowest BCUT2D eigenvalue weighted by Crippen LogP contribution is -2.20. The van der Waals surface area contributed by atoms with Crippen LogP contribution in [-0.4, -0.2) is 53.4 Å². The highest BCUT2D eigenvalue weighted by Gasteiger charge is 2.39. The molecule has 1 aliphatic heterocycles. The Hall–Kier alpha value is -3.52. The molecule has 3 aromatic rings. The quantitative estimate of drug-likeness (QED) is 0.464. The maximum absolute atomic E-state index is 12.2. The second kappa shape index (κ2) is 8.78. The summed E-state index contributed by atoms with van der Waals surface area (Å²) in [6.07, 6.45) is 2.46. The fraction of sp³-hybridized carbons (Fsp3) is 0.240. The Balaban J connectivity index is 1.47. The number of amidine groups is 1. The summed E-state index contributed by atoms with van der Waals surface area (Å²) in [5.74, 6) is 0.697. The lowest BCUT2D eigenvalue weighted by molar-refractivity contribution is -0.116. The number of amides is 1. The molecule has 0 radical (unpaired) electrons. The number of hydrogen-bond donors (Lipinski definition) is 1. The van der Waals surface area contributed by atoms with Gasteiger partial charge in [-0.05, 0) is 35.0 Å². The molecule has 7 nitrogen and oxygen atoms in total. The number of fused-ring (bicyclic) bond motifs is 1. The van der Waals surface area contributed by atoms with Crippen LogP contribution in [0.1, 0.15) is 33.8 Å². The van der Waals surface area contributed by atoms with Gasteiger partial charge in [-0.2, -0.15) is 0 Å². The third-order valence-electron chi connectivity index (χ3n) is 5.78. The lowest BCUT2D eigenvalue weighted by Gasteiger charge is -2.10. The van der Waals surface area contributed by atoms with E-state index >= 15 is 0 Å². The summed E-state index contributed by atoms with van der Waals surface area (Å²) >= 11 is 0. The monoisotopic (exact) mass is 461 g/mol. The minimum Gasteiger partial charge on any atom is -0.495 e. The second-order valence-electron chi connectivity index (χ2n) is 7.97. The normalized spacial score (nSPS) is 23.0. The van der Waals surface area contributed by atoms with E-state index in [-0.39, 0.29) is 17.5 Å². The molecule has 168 valence electrons. The van der Waals surface area contributed by atoms with E-state index in [4.69, 9.17) is 14.5 Å². The summed E-state index contributed by atoms with van der Waals surface area (Å²) < 4.78 is 10.4. The van der Waals surface area contributed by atoms with Crippen molar-refractivity contribution in [1.82, 2.24) is 10.3 Å². The van der Waals surface area contributed by atoms with Crippen molar-refractivity contribution in [2.24, 2.45) is 4.99 Å². The van der Waals surface area contributed by atoms with E-state index in [2.05, 4.69) is 27.8 Å². The molecule has 1 saturated heterocycles. The largest absolute Gasteiger partial charge is 0.495 e. The van der Waals surface area contributed by atoms with E-state index < -0.39 is 16.5 Å². The number of hydrogen-bond acceptors (Lipinski definition) is 6. The number of nitrogens with zero attached hydrogens (tertiary/aromatic N) is 2. The number of aliphatic imine (C=N–C) groups is 1. The first-order valence-corrected chi connectivity index (χ1v) is 12.1. The molecule has 1 aliphatic carbocycles. The van der Waals surface area contributed by atoms with Gasteiger partial charge in [0.25, 0.3) is 0 Å². The van der Waals surface area contributed by atoms with Crippen LogP contribution in [-0.2, 0) is 9.53 Å². The number of esters is 1. The second-order valence-corrected chi connectivity index (χ2v) is 9.74. The van der Waals surface area contributed by atoms with Crippen LogP contribution in [0.3, 0.4) is 0 Å². The molecule has 1 amide bonds. The van der Waals surface area contributed by atoms with E-state index in [0.29, 0.717) is 28.3 Å². The number of carbonyl (C=O) groups excluding carboxylic acids is 2. The van der Waals surface area contributed by atoms with Crippen LogP contribution in [0.4, 0.5) is 0 Å². The van der Waals surface area contributed by atoms with Crippen molar-refractivity contribution in [3.63, 3.8) is 0 Å². The van der Waals surface area contributed by atoms with Gasteiger partial charge in [-0.3, -0.25) is 14.8 Å². The van der Waals surface area contributed by atoms with Crippen molar-refractivity contribution in [3.8, 4) is 5.75 Å². The average molecular weight is 462 g/mol. The Kier molecular flexibility index (Phi) is 5.68. The van der Waals surface area contributed by atoms with E-state index in [0.717, 1.165) is 17.2 Å². The molecule has 2 fully saturated rings. The van der Waals surface area contributed by atoms with Gasteiger partial charge in [0.1, 0.15) is 11.3 Å². The molecule has 1 aromatic heterocycles. The number of benzene rings is 2. The van der Waals surface area contributed by atoms with Crippen LogP contribution < -0.4 is 10.1 Å². The molecule has 0 spiro atoms. The Morgan fingerprint density at radius 2 is 2.03 bits per heavy atom. The van der Waals surface area contributed by atoms with Gasteiger partial charge in [-0.1, -0.05) is 36.4 Å². The summed E-state index contributed by atoms with van der Waals surface area (Å²) in [5, 5.41) is 6.47. The zero-order valence-electron chi connectivity index (χ0n) is 18.3. The molecular formula is C25H23N3O4S. The summed E-state index contributed by atoms with van der Waals surface area (Å²) in [5.41, 5.74) is 3.18. The van der Waals surface area contributed by atoms with Gasteiger partial charge >= 0.3 is 5.97 Å². The maximum Gasteiger partial charge on any atom is 0.343 e. The fourth-order valence-corrected chi connectivity index (χ4v) is 5.74. The van der Waals surface area contributed by atoms with Crippen molar-refractivity contribution in [2.75, 3.05) is 20.0 Å². The average Bonchev–Trinajstić information content (AvgIpc) is 3.53. The van der Waals surface area contributed by atoms with Crippen molar-refractivity contribution in [3.05, 3.63) is 71.4 Å². The molecular weight excluding hydrogens is 438 g/mol. The van der Waals surface area contributed by atoms with Gasteiger partial charge in [-0.15, -0.1) is 10.5 Å². The van der Waals surface area contributed by atoms with Gasteiger partial charge in [0.2, 0.25) is 5.91 Å². The minimum absolute atomic E-state index is 0.0155. The molecule has 8 heteroatoms. The number of carbonyl (C=O) groups is 2. The van der Waals surface area contributed by atoms with Gasteiger partial charge in [0.15, 0.2) is 5.17 Å². The van der Waals surface area contributed by atoms with Crippen molar-refractivity contribution in [1.29, 1.82) is 0 Å². The van der Waals surface area contributed by atoms with Crippen LogP contribution >= 0.6 is 10.5 Å². The molecule has 1 N–H and O–H groups in total. The molecule has 2 aliphatic rings. The molecule has 1 saturated carbocycles. The van der Waals surface area contributed by atoms with Gasteiger partial charge in [-0.25, -0.2) is 4.79 Å². The fourth-order valence-electron chi connectivity index (χ4n) is 4.06. The summed E-state index contributed by atoms with van der Waals surface area (Å²) in [7, 11) is 2.39. The number of nitrogens with one attached hydrogen (secondary N) is 1. The first-order valence-electron chi connectivity index (χ1n) is 10.6. The predicted octanol–water partition coefficient (Wildman–Crippen LogP) is 3.49. The van der Waals surface area contributed by atoms with E-state index in [1.165, 1.54) is 26.0 Å². The number of rotatable bonds is 5. The number of ether oxygens (including phenoxy) is 2. The number of pyridine rings is 1. The van der Waals surface area contributed by atoms with E-state index in [1.54, 1.807) is 0 Å². The SMILES string of the molecule is COC(=O)c1cnc2ccc(/C=S3/CC(=O)NC3=N[C@@H]3C[C@H]3c3ccccc3)cc2c1OC. The smallest absolute Gasteiger partial charge is 0.343 e. The topological polar surface area (TPSA) is 89.9 Å². The first kappa shape index (κ1) is 21.3. The Bertz CT molecular complexity index is 1320. The zero-order chi connectivity index (χ0) is 22.9. The highest BCUT2D eigenvalue weighted by atomic mass is 32.2. The molecule has 3 atom stereocenters. The van der Waals surface area contributed by atoms with Crippen LogP contribution in [0, 0.1) is 0 Å². The highest BCUT2D eigenvalue weighted by molar-refractivity contribution is 8.29. The summed E-state index contributed by atoms with van der Waals surface area (Å²) in [4.78, 5) is 33.5. The van der Waals surface area contributed by atoms with Crippen molar-refractivity contribution >= 4 is 43.8 Å². The predicted molar refractivity (Wildman–Crippen MR) is 130 cm³/mol. The zero-order valence-corrected chi connectivity index (χ0v) is 19.1. The maximum atomic E-state index is 12.2. The van der Waals surface area contributed by atoms with Crippen LogP contribution in [0.5, 0.6) is 5.75 Å². The van der Waals surface area contributed by atoms with Crippen LogP contribution in [0.2, 0.25) is 0 Å². The minimum atomic E-state index is -0.505. The van der Waals surface area contributed by atoms with Crippen molar-refractivity contribution in [2.45, 2.75) is 18.4 Å². The third kappa shape index (κ3) is 4.26. The molecule has 33 heavy (non-hydrogen) atoms. The summed E-state index contributed by atoms with van der Waals surface area (Å²) in [6, 6.07) is 16.3. The third-order valence-corrected chi connectivity index (χ3v) is 7.61. The Morgan fingerprint density at radius 3 is 2.79 bits per heavy atom. The Morgan fingerprint density at radius 1 is 1.21 bits per heavy atom. The summed E-state index contributed by atoms with van der Waals surface area (Å²) in [6.45, 7) is 0. The molecule has 2 heterocycles. The van der Waals surface area contributed by atoms with E-state index in [1.807, 2.05) is 36.4 Å². The van der Waals surface area contributed by atoms with Crippen LogP contribution in [0.15, 0.2) is 59.7 Å². The molecule has 0 bridgehead atoms. The standard InChI is InChI=1S/C25H23N3O4S/c1-31-23-18-10-15(8-9-20(18)26-12-19(23)24(30)32-2)13-33-14-22(29)28-25(33)27-21-11-17(21)16-6-4-3-5-7-16/h3-10,12-13,17,21H,11,14H2,1-2H3,(H,27,28,29)/t17-,21+,33?/m0/s1. The Labute approximate surface area is 193 Å². The molecule has 2 aromatic carbocycles. The molecule has 5 rings (SSSR count). The van der Waals surface area contributed by atoms with E-state index in [9.17, 15) is 9.59 Å².